The quantitative estimate of drug-likeness (QED) is 0.320. The van der Waals surface area contributed by atoms with Crippen LogP contribution in [0, 0.1) is 11.7 Å². The second-order valence-corrected chi connectivity index (χ2v) is 8.07. The van der Waals surface area contributed by atoms with Crippen LogP contribution in [0.25, 0.3) is 0 Å². The molecule has 3 N–H and O–H groups in total. The van der Waals surface area contributed by atoms with Gasteiger partial charge in [-0.25, -0.2) is 4.39 Å². The van der Waals surface area contributed by atoms with Gasteiger partial charge in [0.05, 0.1) is 17.2 Å². The molecular formula is C23H26BrF4NO4. The molecule has 1 unspecified atom stereocenters. The molecule has 0 heterocycles. The molecule has 5 nitrogen and oxygen atoms in total. The first-order valence-corrected chi connectivity index (χ1v) is 11.0. The number of anilines is 1. The van der Waals surface area contributed by atoms with Gasteiger partial charge in [-0.05, 0) is 61.6 Å². The summed E-state index contributed by atoms with van der Waals surface area (Å²) in [5, 5.41) is 18.7. The van der Waals surface area contributed by atoms with E-state index in [4.69, 9.17) is 5.11 Å². The van der Waals surface area contributed by atoms with Gasteiger partial charge in [0.1, 0.15) is 5.82 Å². The zero-order chi connectivity index (χ0) is 25.0. The number of hydrogen-bond donors (Lipinski definition) is 3. The van der Waals surface area contributed by atoms with Gasteiger partial charge in [-0.2, -0.15) is 13.2 Å². The highest BCUT2D eigenvalue weighted by molar-refractivity contribution is 9.10. The fraction of sp³-hybridized carbons (Fsp3) is 0.391. The smallest absolute Gasteiger partial charge is 0.416 e. The van der Waals surface area contributed by atoms with E-state index in [0.717, 1.165) is 41.8 Å². The van der Waals surface area contributed by atoms with Crippen molar-refractivity contribution in [1.29, 1.82) is 0 Å². The van der Waals surface area contributed by atoms with Crippen LogP contribution in [0.2, 0.25) is 0 Å². The van der Waals surface area contributed by atoms with Crippen LogP contribution < -0.4 is 5.32 Å². The molecule has 33 heavy (non-hydrogen) atoms. The van der Waals surface area contributed by atoms with E-state index in [9.17, 15) is 32.3 Å². The Morgan fingerprint density at radius 1 is 1.15 bits per heavy atom. The topological polar surface area (TPSA) is 86.6 Å². The van der Waals surface area contributed by atoms with Crippen LogP contribution in [0.3, 0.4) is 0 Å². The molecule has 0 spiro atoms. The third kappa shape index (κ3) is 9.51. The molecule has 1 saturated carbocycles. The molecule has 0 saturated heterocycles. The van der Waals surface area contributed by atoms with Crippen molar-refractivity contribution in [2.24, 2.45) is 5.92 Å². The molecule has 3 rings (SSSR count). The molecular weight excluding hydrogens is 510 g/mol. The minimum atomic E-state index is -4.58. The molecule has 10 heteroatoms. The number of carbonyl (C=O) groups excluding carboxylic acids is 1. The van der Waals surface area contributed by atoms with Crippen molar-refractivity contribution in [1.82, 2.24) is 0 Å². The number of aliphatic hydroxyl groups is 1. The first-order valence-electron chi connectivity index (χ1n) is 10.2. The minimum absolute atomic E-state index is 0.186. The summed E-state index contributed by atoms with van der Waals surface area (Å²) in [7, 11) is 0. The molecule has 0 aromatic heterocycles. The number of amides is 1. The largest absolute Gasteiger partial charge is 0.481 e. The summed E-state index contributed by atoms with van der Waals surface area (Å²) in [6.45, 7) is 1.93. The van der Waals surface area contributed by atoms with E-state index in [2.05, 4.69) is 15.9 Å². The number of halogens is 5. The normalized spacial score (nSPS) is 17.5. The van der Waals surface area contributed by atoms with Crippen molar-refractivity contribution in [2.75, 3.05) is 11.9 Å². The lowest BCUT2D eigenvalue weighted by Gasteiger charge is -2.28. The molecule has 1 amide bonds. The lowest BCUT2D eigenvalue weighted by Crippen LogP contribution is -2.25. The van der Waals surface area contributed by atoms with Crippen LogP contribution in [0.1, 0.15) is 49.7 Å². The zero-order valence-electron chi connectivity index (χ0n) is 17.9. The second-order valence-electron chi connectivity index (χ2n) is 7.16. The van der Waals surface area contributed by atoms with Crippen molar-refractivity contribution < 1.29 is 37.4 Å². The predicted molar refractivity (Wildman–Crippen MR) is 120 cm³/mol. The summed E-state index contributed by atoms with van der Waals surface area (Å²) < 4.78 is 50.0. The molecule has 2 atom stereocenters. The van der Waals surface area contributed by atoms with Gasteiger partial charge in [0, 0.05) is 11.1 Å². The number of benzene rings is 2. The molecule has 2 aromatic carbocycles. The summed E-state index contributed by atoms with van der Waals surface area (Å²) in [6.07, 6.45) is -0.393. The van der Waals surface area contributed by atoms with Gasteiger partial charge in [-0.3, -0.25) is 9.59 Å². The maximum absolute atomic E-state index is 12.8. The SMILES string of the molecule is CCO.O=C(O)C1CCCC[C@H]1c1ccc(Br)cc1.O=CNc1ccc(C(F)(F)F)cc1F. The first kappa shape index (κ1) is 28.6. The molecule has 0 radical (unpaired) electrons. The van der Waals surface area contributed by atoms with Crippen molar-refractivity contribution in [3.8, 4) is 0 Å². The minimum Gasteiger partial charge on any atom is -0.481 e. The van der Waals surface area contributed by atoms with Gasteiger partial charge in [0.2, 0.25) is 6.41 Å². The molecule has 0 aliphatic heterocycles. The van der Waals surface area contributed by atoms with Crippen LogP contribution in [0.4, 0.5) is 23.2 Å². The van der Waals surface area contributed by atoms with Gasteiger partial charge >= 0.3 is 12.1 Å². The summed E-state index contributed by atoms with van der Waals surface area (Å²) in [4.78, 5) is 21.1. The maximum Gasteiger partial charge on any atom is 0.416 e. The molecule has 0 bridgehead atoms. The summed E-state index contributed by atoms with van der Waals surface area (Å²) in [6, 6.07) is 9.92. The number of hydrogen-bond acceptors (Lipinski definition) is 3. The Morgan fingerprint density at radius 3 is 2.21 bits per heavy atom. The van der Waals surface area contributed by atoms with Gasteiger partial charge in [-0.1, -0.05) is 40.9 Å². The van der Waals surface area contributed by atoms with Crippen molar-refractivity contribution in [3.63, 3.8) is 0 Å². The summed E-state index contributed by atoms with van der Waals surface area (Å²) in [5.74, 6) is -1.77. The van der Waals surface area contributed by atoms with Gasteiger partial charge in [0.25, 0.3) is 0 Å². The van der Waals surface area contributed by atoms with Crippen LogP contribution in [0.15, 0.2) is 46.9 Å². The van der Waals surface area contributed by atoms with Gasteiger partial charge in [-0.15, -0.1) is 0 Å². The Hall–Kier alpha value is -2.46. The standard InChI is InChI=1S/C13H15BrO2.C8H5F4NO.C2H6O/c14-10-7-5-9(6-8-10)11-3-1-2-4-12(11)13(15)16;9-6-3-5(8(10,11)12)1-2-7(6)13-4-14;1-2-3/h5-8,11-12H,1-4H2,(H,15,16);1-4H,(H,13,14);3H,2H2,1H3/t11-,12?;;/m0../s1. The average Bonchev–Trinajstić information content (AvgIpc) is 2.76. The van der Waals surface area contributed by atoms with E-state index < -0.39 is 23.5 Å². The number of aliphatic hydroxyl groups excluding tert-OH is 1. The highest BCUT2D eigenvalue weighted by Crippen LogP contribution is 2.38. The lowest BCUT2D eigenvalue weighted by molar-refractivity contribution is -0.143. The zero-order valence-corrected chi connectivity index (χ0v) is 19.5. The lowest BCUT2D eigenvalue weighted by atomic mass is 9.75. The van der Waals surface area contributed by atoms with E-state index in [0.29, 0.717) is 12.1 Å². The van der Waals surface area contributed by atoms with E-state index in [1.165, 1.54) is 0 Å². The maximum atomic E-state index is 12.8. The number of aliphatic carboxylic acids is 1. The Balaban J connectivity index is 0.000000298. The highest BCUT2D eigenvalue weighted by Gasteiger charge is 2.32. The Morgan fingerprint density at radius 2 is 1.73 bits per heavy atom. The van der Waals surface area contributed by atoms with Crippen molar-refractivity contribution in [2.45, 2.75) is 44.7 Å². The van der Waals surface area contributed by atoms with Crippen LogP contribution in [0.5, 0.6) is 0 Å². The Labute approximate surface area is 197 Å². The molecule has 1 aliphatic carbocycles. The summed E-state index contributed by atoms with van der Waals surface area (Å²) >= 11 is 3.40. The fourth-order valence-corrected chi connectivity index (χ4v) is 3.67. The number of rotatable bonds is 4. The number of carbonyl (C=O) groups is 2. The van der Waals surface area contributed by atoms with E-state index in [-0.39, 0.29) is 30.5 Å². The molecule has 182 valence electrons. The average molecular weight is 536 g/mol. The molecule has 2 aromatic rings. The Bertz CT molecular complexity index is 891. The summed E-state index contributed by atoms with van der Waals surface area (Å²) in [5.41, 5.74) is -0.213. The van der Waals surface area contributed by atoms with Crippen molar-refractivity contribution in [3.05, 3.63) is 63.9 Å². The van der Waals surface area contributed by atoms with E-state index in [1.807, 2.05) is 29.6 Å². The van der Waals surface area contributed by atoms with E-state index in [1.54, 1.807) is 6.92 Å². The van der Waals surface area contributed by atoms with E-state index >= 15 is 0 Å². The van der Waals surface area contributed by atoms with Crippen LogP contribution in [-0.2, 0) is 15.8 Å². The van der Waals surface area contributed by atoms with Crippen molar-refractivity contribution >= 4 is 34.0 Å². The molecule has 1 aliphatic rings. The van der Waals surface area contributed by atoms with Crippen LogP contribution >= 0.6 is 15.9 Å². The Kier molecular flexibility index (Phi) is 12.1. The molecule has 1 fully saturated rings. The van der Waals surface area contributed by atoms with Gasteiger partial charge in [0.15, 0.2) is 0 Å². The predicted octanol–water partition coefficient (Wildman–Crippen LogP) is 6.22. The third-order valence-corrected chi connectivity index (χ3v) is 5.42. The second kappa shape index (κ2) is 13.9. The highest BCUT2D eigenvalue weighted by atomic mass is 79.9. The third-order valence-electron chi connectivity index (χ3n) is 4.89. The van der Waals surface area contributed by atoms with Gasteiger partial charge < -0.3 is 15.5 Å². The van der Waals surface area contributed by atoms with Crippen LogP contribution in [-0.4, -0.2) is 29.2 Å². The number of carboxylic acid groups (broad SMARTS) is 1. The monoisotopic (exact) mass is 535 g/mol. The number of carboxylic acids is 1. The number of nitrogens with one attached hydrogen (secondary N) is 1. The first-order chi connectivity index (χ1) is 15.5. The fourth-order valence-electron chi connectivity index (χ4n) is 3.41. The number of alkyl halides is 3.